The highest BCUT2D eigenvalue weighted by Crippen LogP contribution is 2.26. The maximum absolute atomic E-state index is 5.60. The van der Waals surface area contributed by atoms with Crippen LogP contribution in [-0.4, -0.2) is 19.8 Å². The molecule has 1 aliphatic heterocycles. The minimum atomic E-state index is 0.654. The molecule has 0 bridgehead atoms. The van der Waals surface area contributed by atoms with Crippen LogP contribution in [0.5, 0.6) is 0 Å². The van der Waals surface area contributed by atoms with Crippen LogP contribution in [-0.2, 0) is 9.47 Å². The van der Waals surface area contributed by atoms with Crippen molar-refractivity contribution in [3.05, 3.63) is 23.5 Å². The van der Waals surface area contributed by atoms with Gasteiger partial charge in [0.1, 0.15) is 12.4 Å². The lowest BCUT2D eigenvalue weighted by molar-refractivity contribution is 0.0650. The second kappa shape index (κ2) is 3.97. The normalized spacial score (nSPS) is 28.8. The van der Waals surface area contributed by atoms with Crippen LogP contribution in [0.15, 0.2) is 23.5 Å². The molecule has 1 saturated heterocycles. The van der Waals surface area contributed by atoms with Gasteiger partial charge in [0.05, 0.1) is 13.2 Å². The van der Waals surface area contributed by atoms with Crippen molar-refractivity contribution in [2.24, 2.45) is 5.92 Å². The Labute approximate surface area is 79.2 Å². The highest BCUT2D eigenvalue weighted by molar-refractivity contribution is 5.30. The zero-order valence-corrected chi connectivity index (χ0v) is 8.08. The minimum Gasteiger partial charge on any atom is -0.491 e. The summed E-state index contributed by atoms with van der Waals surface area (Å²) >= 11 is 0. The predicted molar refractivity (Wildman–Crippen MR) is 51.3 cm³/mol. The number of hydrogen-bond donors (Lipinski definition) is 0. The van der Waals surface area contributed by atoms with Gasteiger partial charge in [0.25, 0.3) is 0 Å². The van der Waals surface area contributed by atoms with Gasteiger partial charge in [-0.2, -0.15) is 0 Å². The number of rotatable bonds is 0. The van der Waals surface area contributed by atoms with Crippen LogP contribution in [0.4, 0.5) is 0 Å². The van der Waals surface area contributed by atoms with E-state index in [0.717, 1.165) is 31.8 Å². The molecule has 1 heterocycles. The van der Waals surface area contributed by atoms with Gasteiger partial charge in [-0.15, -0.1) is 0 Å². The highest BCUT2D eigenvalue weighted by Gasteiger charge is 2.15. The quantitative estimate of drug-likeness (QED) is 0.569. The first-order chi connectivity index (χ1) is 6.36. The Morgan fingerprint density at radius 2 is 2.23 bits per heavy atom. The SMILES string of the molecule is CC1C=C2CCOCCOC2=CC1. The molecule has 1 fully saturated rings. The maximum Gasteiger partial charge on any atom is 0.118 e. The van der Waals surface area contributed by atoms with E-state index in [1.165, 1.54) is 5.57 Å². The van der Waals surface area contributed by atoms with Gasteiger partial charge in [-0.25, -0.2) is 0 Å². The largest absolute Gasteiger partial charge is 0.491 e. The lowest BCUT2D eigenvalue weighted by atomic mass is 9.95. The molecule has 1 unspecified atom stereocenters. The van der Waals surface area contributed by atoms with E-state index < -0.39 is 0 Å². The third kappa shape index (κ3) is 2.13. The van der Waals surface area contributed by atoms with E-state index in [1.807, 2.05) is 0 Å². The molecule has 2 rings (SSSR count). The Morgan fingerprint density at radius 3 is 3.15 bits per heavy atom. The molecule has 0 aromatic carbocycles. The van der Waals surface area contributed by atoms with E-state index in [2.05, 4.69) is 19.1 Å². The Kier molecular flexibility index (Phi) is 2.69. The van der Waals surface area contributed by atoms with E-state index >= 15 is 0 Å². The zero-order valence-electron chi connectivity index (χ0n) is 8.08. The summed E-state index contributed by atoms with van der Waals surface area (Å²) < 4.78 is 11.0. The van der Waals surface area contributed by atoms with Crippen LogP contribution < -0.4 is 0 Å². The van der Waals surface area contributed by atoms with Crippen LogP contribution in [0.2, 0.25) is 0 Å². The zero-order chi connectivity index (χ0) is 9.10. The third-order valence-electron chi connectivity index (χ3n) is 2.48. The molecule has 0 aromatic heterocycles. The second-order valence-electron chi connectivity index (χ2n) is 3.68. The summed E-state index contributed by atoms with van der Waals surface area (Å²) in [4.78, 5) is 0. The number of ether oxygens (including phenoxy) is 2. The van der Waals surface area contributed by atoms with Crippen molar-refractivity contribution in [3.63, 3.8) is 0 Å². The van der Waals surface area contributed by atoms with Crippen LogP contribution in [0.3, 0.4) is 0 Å². The minimum absolute atomic E-state index is 0.654. The molecule has 2 nitrogen and oxygen atoms in total. The van der Waals surface area contributed by atoms with E-state index in [1.54, 1.807) is 0 Å². The average Bonchev–Trinajstić information content (AvgIpc) is 2.08. The summed E-state index contributed by atoms with van der Waals surface area (Å²) in [5.41, 5.74) is 1.33. The monoisotopic (exact) mass is 180 g/mol. The molecule has 72 valence electrons. The fourth-order valence-electron chi connectivity index (χ4n) is 1.77. The molecule has 2 aliphatic rings. The first-order valence-electron chi connectivity index (χ1n) is 4.98. The van der Waals surface area contributed by atoms with Crippen molar-refractivity contribution in [1.29, 1.82) is 0 Å². The van der Waals surface area contributed by atoms with Crippen LogP contribution in [0.25, 0.3) is 0 Å². The smallest absolute Gasteiger partial charge is 0.118 e. The lowest BCUT2D eigenvalue weighted by Crippen LogP contribution is -2.14. The first kappa shape index (κ1) is 8.82. The summed E-state index contributed by atoms with van der Waals surface area (Å²) in [5, 5.41) is 0. The summed E-state index contributed by atoms with van der Waals surface area (Å²) in [6.07, 6.45) is 6.63. The Morgan fingerprint density at radius 1 is 1.31 bits per heavy atom. The van der Waals surface area contributed by atoms with Gasteiger partial charge in [-0.05, 0) is 30.4 Å². The lowest BCUT2D eigenvalue weighted by Gasteiger charge is -2.22. The molecule has 0 N–H and O–H groups in total. The van der Waals surface area contributed by atoms with Gasteiger partial charge in [-0.3, -0.25) is 0 Å². The van der Waals surface area contributed by atoms with E-state index in [9.17, 15) is 0 Å². The van der Waals surface area contributed by atoms with Crippen molar-refractivity contribution < 1.29 is 9.47 Å². The fraction of sp³-hybridized carbons (Fsp3) is 0.636. The van der Waals surface area contributed by atoms with E-state index in [-0.39, 0.29) is 0 Å². The van der Waals surface area contributed by atoms with Gasteiger partial charge in [0.2, 0.25) is 0 Å². The average molecular weight is 180 g/mol. The van der Waals surface area contributed by atoms with Gasteiger partial charge in [-0.1, -0.05) is 13.0 Å². The summed E-state index contributed by atoms with van der Waals surface area (Å²) in [7, 11) is 0. The first-order valence-corrected chi connectivity index (χ1v) is 4.98. The molecule has 0 saturated carbocycles. The highest BCUT2D eigenvalue weighted by atomic mass is 16.5. The van der Waals surface area contributed by atoms with Gasteiger partial charge >= 0.3 is 0 Å². The molecule has 0 spiro atoms. The molecular weight excluding hydrogens is 164 g/mol. The van der Waals surface area contributed by atoms with Crippen molar-refractivity contribution >= 4 is 0 Å². The number of hydrogen-bond acceptors (Lipinski definition) is 2. The third-order valence-corrected chi connectivity index (χ3v) is 2.48. The van der Waals surface area contributed by atoms with Crippen LogP contribution in [0.1, 0.15) is 19.8 Å². The van der Waals surface area contributed by atoms with Crippen molar-refractivity contribution in [2.45, 2.75) is 19.8 Å². The van der Waals surface area contributed by atoms with Gasteiger partial charge in [0.15, 0.2) is 0 Å². The summed E-state index contributed by atoms with van der Waals surface area (Å²) in [5.74, 6) is 1.75. The van der Waals surface area contributed by atoms with Gasteiger partial charge in [0, 0.05) is 0 Å². The molecular formula is C11H16O2. The predicted octanol–water partition coefficient (Wildman–Crippen LogP) is 2.27. The van der Waals surface area contributed by atoms with Crippen molar-refractivity contribution in [3.8, 4) is 0 Å². The standard InChI is InChI=1S/C11H16O2/c1-9-2-3-11-10(8-9)4-5-12-6-7-13-11/h3,8-9H,2,4-7H2,1H3. The number of allylic oxidation sites excluding steroid dienone is 3. The molecule has 0 aromatic rings. The second-order valence-corrected chi connectivity index (χ2v) is 3.68. The topological polar surface area (TPSA) is 18.5 Å². The molecule has 1 atom stereocenters. The molecule has 0 radical (unpaired) electrons. The molecule has 2 heteroatoms. The Hall–Kier alpha value is -0.760. The van der Waals surface area contributed by atoms with Crippen molar-refractivity contribution in [2.75, 3.05) is 19.8 Å². The van der Waals surface area contributed by atoms with Crippen LogP contribution in [0, 0.1) is 5.92 Å². The Balaban J connectivity index is 2.11. The summed E-state index contributed by atoms with van der Waals surface area (Å²) in [6, 6.07) is 0. The maximum atomic E-state index is 5.60. The van der Waals surface area contributed by atoms with E-state index in [4.69, 9.17) is 9.47 Å². The Bertz CT molecular complexity index is 240. The van der Waals surface area contributed by atoms with Crippen molar-refractivity contribution in [1.82, 2.24) is 0 Å². The summed E-state index contributed by atoms with van der Waals surface area (Å²) in [6.45, 7) is 4.48. The number of fused-ring (bicyclic) bond motifs is 1. The molecule has 0 amide bonds. The van der Waals surface area contributed by atoms with Crippen LogP contribution >= 0.6 is 0 Å². The fourth-order valence-corrected chi connectivity index (χ4v) is 1.77. The molecule has 1 aliphatic carbocycles. The molecule has 13 heavy (non-hydrogen) atoms. The van der Waals surface area contributed by atoms with Gasteiger partial charge < -0.3 is 9.47 Å². The van der Waals surface area contributed by atoms with E-state index in [0.29, 0.717) is 12.5 Å².